The number of nitrogens with one attached hydrogen (secondary N) is 1. The van der Waals surface area contributed by atoms with Crippen molar-refractivity contribution in [2.75, 3.05) is 5.32 Å². The van der Waals surface area contributed by atoms with Crippen molar-refractivity contribution in [2.24, 2.45) is 7.05 Å². The molecule has 0 atom stereocenters. The standard InChI is InChI=1S/C18H20ClN5O/c1-11-16(10-23(4)21-11)20-18(25)15-7-5-6-14(8-15)9-24-13(3)17(19)12(2)22-24/h5-8,10H,9H2,1-4H3,(H,20,25). The van der Waals surface area contributed by atoms with Crippen LogP contribution in [-0.2, 0) is 13.6 Å². The van der Waals surface area contributed by atoms with E-state index in [1.807, 2.05) is 50.7 Å². The van der Waals surface area contributed by atoms with Crippen LogP contribution in [0.2, 0.25) is 5.02 Å². The average Bonchev–Trinajstić information content (AvgIpc) is 3.01. The third kappa shape index (κ3) is 3.58. The van der Waals surface area contributed by atoms with E-state index in [1.165, 1.54) is 0 Å². The van der Waals surface area contributed by atoms with Crippen molar-refractivity contribution in [3.8, 4) is 0 Å². The molecule has 1 aromatic carbocycles. The van der Waals surface area contributed by atoms with Crippen LogP contribution >= 0.6 is 11.6 Å². The predicted octanol–water partition coefficient (Wildman–Crippen LogP) is 3.50. The van der Waals surface area contributed by atoms with E-state index in [-0.39, 0.29) is 5.91 Å². The summed E-state index contributed by atoms with van der Waals surface area (Å²) < 4.78 is 3.52. The first-order chi connectivity index (χ1) is 11.8. The Labute approximate surface area is 151 Å². The molecule has 0 aliphatic rings. The largest absolute Gasteiger partial charge is 0.319 e. The number of anilines is 1. The molecule has 1 amide bonds. The van der Waals surface area contributed by atoms with Crippen LogP contribution in [0.25, 0.3) is 0 Å². The Hall–Kier alpha value is -2.60. The summed E-state index contributed by atoms with van der Waals surface area (Å²) in [7, 11) is 1.82. The fourth-order valence-corrected chi connectivity index (χ4v) is 2.87. The smallest absolute Gasteiger partial charge is 0.255 e. The second-order valence-corrected chi connectivity index (χ2v) is 6.48. The number of benzene rings is 1. The highest BCUT2D eigenvalue weighted by Gasteiger charge is 2.12. The fourth-order valence-electron chi connectivity index (χ4n) is 2.73. The topological polar surface area (TPSA) is 64.7 Å². The van der Waals surface area contributed by atoms with E-state index in [1.54, 1.807) is 16.9 Å². The molecule has 130 valence electrons. The highest BCUT2D eigenvalue weighted by atomic mass is 35.5. The molecular weight excluding hydrogens is 338 g/mol. The highest BCUT2D eigenvalue weighted by Crippen LogP contribution is 2.20. The van der Waals surface area contributed by atoms with Crippen molar-refractivity contribution in [1.29, 1.82) is 0 Å². The van der Waals surface area contributed by atoms with Crippen molar-refractivity contribution in [1.82, 2.24) is 19.6 Å². The first-order valence-electron chi connectivity index (χ1n) is 7.95. The van der Waals surface area contributed by atoms with Gasteiger partial charge in [0.25, 0.3) is 5.91 Å². The first kappa shape index (κ1) is 17.2. The van der Waals surface area contributed by atoms with E-state index >= 15 is 0 Å². The zero-order valence-electron chi connectivity index (χ0n) is 14.7. The molecule has 0 aliphatic heterocycles. The van der Waals surface area contributed by atoms with Crippen molar-refractivity contribution in [3.05, 3.63) is 63.7 Å². The quantitative estimate of drug-likeness (QED) is 0.777. The molecule has 0 spiro atoms. The summed E-state index contributed by atoms with van der Waals surface area (Å²) >= 11 is 6.20. The van der Waals surface area contributed by atoms with Gasteiger partial charge in [0, 0.05) is 18.8 Å². The van der Waals surface area contributed by atoms with Crippen LogP contribution in [0.4, 0.5) is 5.69 Å². The van der Waals surface area contributed by atoms with Crippen LogP contribution in [0.1, 0.15) is 33.0 Å². The zero-order chi connectivity index (χ0) is 18.1. The Morgan fingerprint density at radius 2 is 1.96 bits per heavy atom. The maximum atomic E-state index is 12.5. The maximum Gasteiger partial charge on any atom is 0.255 e. The summed E-state index contributed by atoms with van der Waals surface area (Å²) in [6.07, 6.45) is 1.79. The Kier molecular flexibility index (Phi) is 4.63. The summed E-state index contributed by atoms with van der Waals surface area (Å²) in [5.41, 5.74) is 4.79. The molecule has 0 saturated carbocycles. The molecule has 0 aliphatic carbocycles. The van der Waals surface area contributed by atoms with Crippen LogP contribution in [0.3, 0.4) is 0 Å². The molecule has 0 radical (unpaired) electrons. The van der Waals surface area contributed by atoms with Gasteiger partial charge in [0.1, 0.15) is 0 Å². The van der Waals surface area contributed by atoms with E-state index < -0.39 is 0 Å². The second kappa shape index (κ2) is 6.72. The number of aromatic nitrogens is 4. The molecule has 0 fully saturated rings. The van der Waals surface area contributed by atoms with Crippen LogP contribution < -0.4 is 5.32 Å². The molecule has 2 aromatic heterocycles. The number of carbonyl (C=O) groups excluding carboxylic acids is 1. The number of hydrogen-bond acceptors (Lipinski definition) is 3. The van der Waals surface area contributed by atoms with Gasteiger partial charge in [0.2, 0.25) is 0 Å². The zero-order valence-corrected chi connectivity index (χ0v) is 15.4. The van der Waals surface area contributed by atoms with E-state index in [0.717, 1.165) is 22.6 Å². The van der Waals surface area contributed by atoms with Gasteiger partial charge in [0.05, 0.1) is 34.3 Å². The number of aryl methyl sites for hydroxylation is 3. The molecule has 0 bridgehead atoms. The van der Waals surface area contributed by atoms with Crippen LogP contribution in [-0.4, -0.2) is 25.5 Å². The highest BCUT2D eigenvalue weighted by molar-refractivity contribution is 6.31. The lowest BCUT2D eigenvalue weighted by atomic mass is 10.1. The van der Waals surface area contributed by atoms with Gasteiger partial charge < -0.3 is 5.32 Å². The molecular formula is C18H20ClN5O. The summed E-state index contributed by atoms with van der Waals surface area (Å²) in [4.78, 5) is 12.5. The van der Waals surface area contributed by atoms with E-state index in [4.69, 9.17) is 11.6 Å². The fraction of sp³-hybridized carbons (Fsp3) is 0.278. The Bertz CT molecular complexity index is 941. The average molecular weight is 358 g/mol. The van der Waals surface area contributed by atoms with Gasteiger partial charge in [0.15, 0.2) is 0 Å². The molecule has 1 N–H and O–H groups in total. The summed E-state index contributed by atoms with van der Waals surface area (Å²) in [6, 6.07) is 7.49. The second-order valence-electron chi connectivity index (χ2n) is 6.10. The van der Waals surface area contributed by atoms with Crippen molar-refractivity contribution < 1.29 is 4.79 Å². The van der Waals surface area contributed by atoms with Gasteiger partial charge >= 0.3 is 0 Å². The monoisotopic (exact) mass is 357 g/mol. The minimum atomic E-state index is -0.163. The minimum absolute atomic E-state index is 0.163. The summed E-state index contributed by atoms with van der Waals surface area (Å²) in [5, 5.41) is 12.2. The van der Waals surface area contributed by atoms with Crippen LogP contribution in [0.15, 0.2) is 30.5 Å². The SMILES string of the molecule is Cc1nn(C)cc1NC(=O)c1cccc(Cn2nc(C)c(Cl)c2C)c1. The lowest BCUT2D eigenvalue weighted by Gasteiger charge is -2.08. The normalized spacial score (nSPS) is 10.9. The molecule has 0 saturated heterocycles. The lowest BCUT2D eigenvalue weighted by molar-refractivity contribution is 0.102. The van der Waals surface area contributed by atoms with Crippen molar-refractivity contribution in [3.63, 3.8) is 0 Å². The van der Waals surface area contributed by atoms with Gasteiger partial charge in [-0.1, -0.05) is 23.7 Å². The number of halogens is 1. The van der Waals surface area contributed by atoms with Gasteiger partial charge in [-0.2, -0.15) is 10.2 Å². The molecule has 2 heterocycles. The van der Waals surface area contributed by atoms with Crippen LogP contribution in [0.5, 0.6) is 0 Å². The molecule has 0 unspecified atom stereocenters. The molecule has 3 rings (SSSR count). The predicted molar refractivity (Wildman–Crippen MR) is 98.2 cm³/mol. The van der Waals surface area contributed by atoms with Crippen molar-refractivity contribution >= 4 is 23.2 Å². The van der Waals surface area contributed by atoms with E-state index in [2.05, 4.69) is 15.5 Å². The van der Waals surface area contributed by atoms with Gasteiger partial charge in [-0.05, 0) is 38.5 Å². The molecule has 7 heteroatoms. The lowest BCUT2D eigenvalue weighted by Crippen LogP contribution is -2.13. The molecule has 3 aromatic rings. The molecule has 25 heavy (non-hydrogen) atoms. The van der Waals surface area contributed by atoms with E-state index in [9.17, 15) is 4.79 Å². The first-order valence-corrected chi connectivity index (χ1v) is 8.33. The number of carbonyl (C=O) groups is 1. The number of nitrogens with zero attached hydrogens (tertiary/aromatic N) is 4. The van der Waals surface area contributed by atoms with Gasteiger partial charge in [-0.3, -0.25) is 14.2 Å². The Morgan fingerprint density at radius 3 is 2.56 bits per heavy atom. The number of hydrogen-bond donors (Lipinski definition) is 1. The third-order valence-electron chi connectivity index (χ3n) is 4.08. The van der Waals surface area contributed by atoms with Gasteiger partial charge in [-0.15, -0.1) is 0 Å². The number of rotatable bonds is 4. The van der Waals surface area contributed by atoms with Crippen LogP contribution in [0, 0.1) is 20.8 Å². The third-order valence-corrected chi connectivity index (χ3v) is 4.62. The van der Waals surface area contributed by atoms with E-state index in [0.29, 0.717) is 22.8 Å². The van der Waals surface area contributed by atoms with Gasteiger partial charge in [-0.25, -0.2) is 0 Å². The molecule has 6 nitrogen and oxygen atoms in total. The Morgan fingerprint density at radius 1 is 1.20 bits per heavy atom. The van der Waals surface area contributed by atoms with Crippen molar-refractivity contribution in [2.45, 2.75) is 27.3 Å². The minimum Gasteiger partial charge on any atom is -0.319 e. The summed E-state index contributed by atoms with van der Waals surface area (Å²) in [6.45, 7) is 6.24. The summed E-state index contributed by atoms with van der Waals surface area (Å²) in [5.74, 6) is -0.163. The Balaban J connectivity index is 1.80. The maximum absolute atomic E-state index is 12.5. The number of amides is 1.